The standard InChI is InChI=1S/C18H21F2N3OS/c1-11(23-7-5-18(19,20)6-8-23)16(24)22-17-21-14-9-12-3-2-4-13(12)10-15(14)25-17/h9-11H,2-8H2,1H3,(H,21,22,24)/t11-/m0/s1. The highest BCUT2D eigenvalue weighted by Gasteiger charge is 2.36. The van der Waals surface area contributed by atoms with E-state index < -0.39 is 12.0 Å². The number of amides is 1. The molecular formula is C18H21F2N3OS. The summed E-state index contributed by atoms with van der Waals surface area (Å²) in [4.78, 5) is 18.8. The van der Waals surface area contributed by atoms with Crippen molar-refractivity contribution < 1.29 is 13.6 Å². The molecule has 1 aromatic heterocycles. The number of carbonyl (C=O) groups is 1. The summed E-state index contributed by atoms with van der Waals surface area (Å²) >= 11 is 1.47. The minimum absolute atomic E-state index is 0.183. The van der Waals surface area contributed by atoms with E-state index in [2.05, 4.69) is 22.4 Å². The van der Waals surface area contributed by atoms with E-state index in [0.29, 0.717) is 5.13 Å². The molecule has 2 heterocycles. The number of anilines is 1. The lowest BCUT2D eigenvalue weighted by molar-refractivity contribution is -0.124. The van der Waals surface area contributed by atoms with Crippen molar-refractivity contribution in [3.05, 3.63) is 23.3 Å². The van der Waals surface area contributed by atoms with Crippen molar-refractivity contribution in [3.8, 4) is 0 Å². The third kappa shape index (κ3) is 3.40. The van der Waals surface area contributed by atoms with Gasteiger partial charge in [-0.2, -0.15) is 0 Å². The van der Waals surface area contributed by atoms with Gasteiger partial charge in [-0.05, 0) is 49.4 Å². The summed E-state index contributed by atoms with van der Waals surface area (Å²) < 4.78 is 27.6. The number of piperidine rings is 1. The molecule has 1 amide bonds. The maximum absolute atomic E-state index is 13.3. The second-order valence-electron chi connectivity index (χ2n) is 7.02. The van der Waals surface area contributed by atoms with Crippen molar-refractivity contribution in [3.63, 3.8) is 0 Å². The molecule has 4 nitrogen and oxygen atoms in total. The van der Waals surface area contributed by atoms with Crippen LogP contribution in [0.5, 0.6) is 0 Å². The van der Waals surface area contributed by atoms with Crippen LogP contribution >= 0.6 is 11.3 Å². The molecule has 0 saturated carbocycles. The number of aromatic nitrogens is 1. The van der Waals surface area contributed by atoms with E-state index in [1.807, 2.05) is 4.90 Å². The molecular weight excluding hydrogens is 344 g/mol. The number of hydrogen-bond donors (Lipinski definition) is 1. The first kappa shape index (κ1) is 16.8. The number of halogens is 2. The molecule has 7 heteroatoms. The molecule has 1 aliphatic heterocycles. The molecule has 2 aromatic rings. The van der Waals surface area contributed by atoms with Gasteiger partial charge >= 0.3 is 0 Å². The molecule has 0 bridgehead atoms. The second-order valence-corrected chi connectivity index (χ2v) is 8.05. The van der Waals surface area contributed by atoms with Crippen LogP contribution in [0.25, 0.3) is 10.2 Å². The molecule has 1 atom stereocenters. The van der Waals surface area contributed by atoms with Crippen LogP contribution in [0, 0.1) is 0 Å². The number of rotatable bonds is 3. The van der Waals surface area contributed by atoms with E-state index in [4.69, 9.17) is 0 Å². The van der Waals surface area contributed by atoms with E-state index in [0.717, 1.165) is 23.1 Å². The minimum atomic E-state index is -2.60. The number of nitrogens with one attached hydrogen (secondary N) is 1. The van der Waals surface area contributed by atoms with E-state index in [1.165, 1.54) is 28.9 Å². The predicted octanol–water partition coefficient (Wildman–Crippen LogP) is 3.84. The lowest BCUT2D eigenvalue weighted by Crippen LogP contribution is -2.48. The summed E-state index contributed by atoms with van der Waals surface area (Å²) in [7, 11) is 0. The maximum atomic E-state index is 13.3. The van der Waals surface area contributed by atoms with Crippen LogP contribution in [-0.4, -0.2) is 40.8 Å². The molecule has 1 saturated heterocycles. The number of likely N-dealkylation sites (tertiary alicyclic amines) is 1. The maximum Gasteiger partial charge on any atom is 0.250 e. The van der Waals surface area contributed by atoms with Gasteiger partial charge in [-0.25, -0.2) is 13.8 Å². The Morgan fingerprint density at radius 1 is 1.28 bits per heavy atom. The summed E-state index contributed by atoms with van der Waals surface area (Å²) in [5.41, 5.74) is 3.67. The highest BCUT2D eigenvalue weighted by Crippen LogP contribution is 2.33. The van der Waals surface area contributed by atoms with Gasteiger partial charge in [-0.1, -0.05) is 11.3 Å². The number of carbonyl (C=O) groups excluding carboxylic acids is 1. The molecule has 4 rings (SSSR count). The average molecular weight is 365 g/mol. The third-order valence-electron chi connectivity index (χ3n) is 5.29. The topological polar surface area (TPSA) is 45.2 Å². The first-order valence-electron chi connectivity index (χ1n) is 8.76. The molecule has 1 N–H and O–H groups in total. The Bertz CT molecular complexity index is 769. The Labute approximate surface area is 149 Å². The predicted molar refractivity (Wildman–Crippen MR) is 95.5 cm³/mol. The molecule has 1 aliphatic carbocycles. The zero-order chi connectivity index (χ0) is 17.6. The Kier molecular flexibility index (Phi) is 4.24. The number of thiazole rings is 1. The number of aryl methyl sites for hydroxylation is 2. The molecule has 25 heavy (non-hydrogen) atoms. The molecule has 1 fully saturated rings. The van der Waals surface area contributed by atoms with Gasteiger partial charge in [-0.15, -0.1) is 0 Å². The van der Waals surface area contributed by atoms with E-state index in [-0.39, 0.29) is 31.8 Å². The molecule has 2 aliphatic rings. The summed E-state index contributed by atoms with van der Waals surface area (Å²) in [6.45, 7) is 2.25. The second kappa shape index (κ2) is 6.29. The van der Waals surface area contributed by atoms with Crippen LogP contribution in [0.1, 0.15) is 37.3 Å². The lowest BCUT2D eigenvalue weighted by atomic mass is 10.1. The van der Waals surface area contributed by atoms with Crippen LogP contribution in [0.2, 0.25) is 0 Å². The van der Waals surface area contributed by atoms with Gasteiger partial charge in [0, 0.05) is 25.9 Å². The Morgan fingerprint density at radius 3 is 2.68 bits per heavy atom. The molecule has 0 spiro atoms. The quantitative estimate of drug-likeness (QED) is 0.899. The number of benzene rings is 1. The fourth-order valence-electron chi connectivity index (χ4n) is 3.66. The molecule has 0 radical (unpaired) electrons. The van der Waals surface area contributed by atoms with Gasteiger partial charge in [0.1, 0.15) is 0 Å². The van der Waals surface area contributed by atoms with Crippen LogP contribution < -0.4 is 5.32 Å². The zero-order valence-electron chi connectivity index (χ0n) is 14.1. The van der Waals surface area contributed by atoms with Crippen molar-refractivity contribution in [2.75, 3.05) is 18.4 Å². The van der Waals surface area contributed by atoms with Gasteiger partial charge in [0.15, 0.2) is 5.13 Å². The molecule has 1 aromatic carbocycles. The first-order chi connectivity index (χ1) is 11.9. The number of hydrogen-bond acceptors (Lipinski definition) is 4. The van der Waals surface area contributed by atoms with E-state index >= 15 is 0 Å². The largest absolute Gasteiger partial charge is 0.301 e. The average Bonchev–Trinajstić information content (AvgIpc) is 3.16. The van der Waals surface area contributed by atoms with Gasteiger partial charge in [0.2, 0.25) is 5.91 Å². The highest BCUT2D eigenvalue weighted by atomic mass is 32.1. The smallest absolute Gasteiger partial charge is 0.250 e. The lowest BCUT2D eigenvalue weighted by Gasteiger charge is -2.34. The SMILES string of the molecule is C[C@@H](C(=O)Nc1nc2cc3c(cc2s1)CCC3)N1CCC(F)(F)CC1. The fourth-order valence-corrected chi connectivity index (χ4v) is 4.58. The highest BCUT2D eigenvalue weighted by molar-refractivity contribution is 7.22. The third-order valence-corrected chi connectivity index (χ3v) is 6.22. The number of fused-ring (bicyclic) bond motifs is 2. The first-order valence-corrected chi connectivity index (χ1v) is 9.58. The van der Waals surface area contributed by atoms with Crippen molar-refractivity contribution in [1.82, 2.24) is 9.88 Å². The monoisotopic (exact) mass is 365 g/mol. The molecule has 0 unspecified atom stereocenters. The van der Waals surface area contributed by atoms with Crippen LogP contribution in [0.3, 0.4) is 0 Å². The van der Waals surface area contributed by atoms with Crippen molar-refractivity contribution in [1.29, 1.82) is 0 Å². The van der Waals surface area contributed by atoms with Crippen molar-refractivity contribution in [2.45, 2.75) is 51.0 Å². The number of alkyl halides is 2. The Hall–Kier alpha value is -1.60. The normalized spacial score (nSPS) is 21.2. The fraction of sp³-hybridized carbons (Fsp3) is 0.556. The van der Waals surface area contributed by atoms with Gasteiger partial charge < -0.3 is 5.32 Å². The van der Waals surface area contributed by atoms with Crippen molar-refractivity contribution >= 4 is 32.6 Å². The van der Waals surface area contributed by atoms with E-state index in [1.54, 1.807) is 6.92 Å². The summed E-state index contributed by atoms with van der Waals surface area (Å²) in [6.07, 6.45) is 3.04. The minimum Gasteiger partial charge on any atom is -0.301 e. The summed E-state index contributed by atoms with van der Waals surface area (Å²) in [5.74, 6) is -2.78. The van der Waals surface area contributed by atoms with Gasteiger partial charge in [0.25, 0.3) is 5.92 Å². The van der Waals surface area contributed by atoms with Crippen molar-refractivity contribution in [2.24, 2.45) is 0 Å². The summed E-state index contributed by atoms with van der Waals surface area (Å²) in [5, 5.41) is 3.44. The van der Waals surface area contributed by atoms with Gasteiger partial charge in [-0.3, -0.25) is 9.69 Å². The number of nitrogens with zero attached hydrogens (tertiary/aromatic N) is 2. The van der Waals surface area contributed by atoms with E-state index in [9.17, 15) is 13.6 Å². The summed E-state index contributed by atoms with van der Waals surface area (Å²) in [6, 6.07) is 3.87. The van der Waals surface area contributed by atoms with Crippen LogP contribution in [0.4, 0.5) is 13.9 Å². The molecule has 134 valence electrons. The zero-order valence-corrected chi connectivity index (χ0v) is 15.0. The Morgan fingerprint density at radius 2 is 1.96 bits per heavy atom. The Balaban J connectivity index is 1.44. The van der Waals surface area contributed by atoms with Gasteiger partial charge in [0.05, 0.1) is 16.3 Å². The van der Waals surface area contributed by atoms with Crippen LogP contribution in [-0.2, 0) is 17.6 Å². The van der Waals surface area contributed by atoms with Crippen LogP contribution in [0.15, 0.2) is 12.1 Å².